The zero-order valence-corrected chi connectivity index (χ0v) is 6.99. The standard InChI is InChI=1S/C9H16O2/c1-2-7-3-8(6-10)5-9(11)4-7/h6-9,11H,2-5H2,1H3. The van der Waals surface area contributed by atoms with Crippen molar-refractivity contribution in [3.8, 4) is 0 Å². The summed E-state index contributed by atoms with van der Waals surface area (Å²) in [6.45, 7) is 2.12. The molecule has 11 heavy (non-hydrogen) atoms. The van der Waals surface area contributed by atoms with E-state index in [1.165, 1.54) is 0 Å². The summed E-state index contributed by atoms with van der Waals surface area (Å²) in [5.41, 5.74) is 0. The maximum absolute atomic E-state index is 10.5. The molecule has 0 heterocycles. The Bertz CT molecular complexity index is 134. The lowest BCUT2D eigenvalue weighted by Crippen LogP contribution is -2.26. The molecule has 1 rings (SSSR count). The van der Waals surface area contributed by atoms with Crippen molar-refractivity contribution in [1.82, 2.24) is 0 Å². The van der Waals surface area contributed by atoms with Gasteiger partial charge in [0.2, 0.25) is 0 Å². The maximum atomic E-state index is 10.5. The monoisotopic (exact) mass is 156 g/mol. The molecule has 3 unspecified atom stereocenters. The minimum absolute atomic E-state index is 0.115. The summed E-state index contributed by atoms with van der Waals surface area (Å²) in [7, 11) is 0. The van der Waals surface area contributed by atoms with E-state index in [0.29, 0.717) is 12.3 Å². The first-order valence-electron chi connectivity index (χ1n) is 4.39. The highest BCUT2D eigenvalue weighted by Crippen LogP contribution is 2.29. The smallest absolute Gasteiger partial charge is 0.123 e. The summed E-state index contributed by atoms with van der Waals surface area (Å²) in [6.07, 6.45) is 4.40. The van der Waals surface area contributed by atoms with Crippen LogP contribution in [0.5, 0.6) is 0 Å². The summed E-state index contributed by atoms with van der Waals surface area (Å²) in [6, 6.07) is 0. The number of hydrogen-bond donors (Lipinski definition) is 1. The molecule has 0 bridgehead atoms. The SMILES string of the molecule is CCC1CC(O)CC(C=O)C1. The van der Waals surface area contributed by atoms with Gasteiger partial charge in [0.15, 0.2) is 0 Å². The lowest BCUT2D eigenvalue weighted by Gasteiger charge is -2.28. The van der Waals surface area contributed by atoms with E-state index in [1.54, 1.807) is 0 Å². The Kier molecular flexibility index (Phi) is 3.06. The van der Waals surface area contributed by atoms with E-state index < -0.39 is 0 Å². The molecule has 1 N–H and O–H groups in total. The molecule has 0 aromatic heterocycles. The van der Waals surface area contributed by atoms with Gasteiger partial charge in [-0.15, -0.1) is 0 Å². The largest absolute Gasteiger partial charge is 0.393 e. The van der Waals surface area contributed by atoms with Crippen LogP contribution in [0.3, 0.4) is 0 Å². The fourth-order valence-electron chi connectivity index (χ4n) is 1.90. The van der Waals surface area contributed by atoms with Gasteiger partial charge < -0.3 is 9.90 Å². The lowest BCUT2D eigenvalue weighted by molar-refractivity contribution is -0.113. The first-order chi connectivity index (χ1) is 5.26. The number of hydrogen-bond acceptors (Lipinski definition) is 2. The van der Waals surface area contributed by atoms with E-state index in [-0.39, 0.29) is 12.0 Å². The van der Waals surface area contributed by atoms with Gasteiger partial charge in [0.25, 0.3) is 0 Å². The predicted molar refractivity (Wildman–Crippen MR) is 43.2 cm³/mol. The van der Waals surface area contributed by atoms with Gasteiger partial charge in [0.05, 0.1) is 6.10 Å². The van der Waals surface area contributed by atoms with Crippen molar-refractivity contribution in [2.75, 3.05) is 0 Å². The van der Waals surface area contributed by atoms with Crippen molar-refractivity contribution < 1.29 is 9.90 Å². The Labute approximate surface area is 67.6 Å². The predicted octanol–water partition coefficient (Wildman–Crippen LogP) is 1.37. The van der Waals surface area contributed by atoms with Crippen LogP contribution in [-0.4, -0.2) is 17.5 Å². The molecule has 2 nitrogen and oxygen atoms in total. The second-order valence-corrected chi connectivity index (χ2v) is 3.53. The van der Waals surface area contributed by atoms with Crippen molar-refractivity contribution in [3.63, 3.8) is 0 Å². The first kappa shape index (κ1) is 8.72. The zero-order valence-electron chi connectivity index (χ0n) is 6.99. The lowest BCUT2D eigenvalue weighted by atomic mass is 9.79. The Morgan fingerprint density at radius 3 is 2.73 bits per heavy atom. The van der Waals surface area contributed by atoms with E-state index in [2.05, 4.69) is 6.92 Å². The second-order valence-electron chi connectivity index (χ2n) is 3.53. The van der Waals surface area contributed by atoms with Crippen LogP contribution in [0, 0.1) is 11.8 Å². The Balaban J connectivity index is 2.43. The maximum Gasteiger partial charge on any atom is 0.123 e. The molecule has 2 heteroatoms. The van der Waals surface area contributed by atoms with Crippen LogP contribution in [0.4, 0.5) is 0 Å². The van der Waals surface area contributed by atoms with E-state index >= 15 is 0 Å². The van der Waals surface area contributed by atoms with Crippen LogP contribution in [0.15, 0.2) is 0 Å². The minimum atomic E-state index is -0.233. The summed E-state index contributed by atoms with van der Waals surface area (Å²) >= 11 is 0. The first-order valence-corrected chi connectivity index (χ1v) is 4.39. The highest BCUT2D eigenvalue weighted by Gasteiger charge is 2.25. The highest BCUT2D eigenvalue weighted by atomic mass is 16.3. The van der Waals surface area contributed by atoms with Gasteiger partial charge in [0.1, 0.15) is 6.29 Å². The van der Waals surface area contributed by atoms with Crippen LogP contribution in [0.25, 0.3) is 0 Å². The number of carbonyl (C=O) groups is 1. The molecule has 1 aliphatic carbocycles. The third-order valence-corrected chi connectivity index (χ3v) is 2.59. The molecule has 0 aromatic carbocycles. The highest BCUT2D eigenvalue weighted by molar-refractivity contribution is 5.53. The summed E-state index contributed by atoms with van der Waals surface area (Å²) in [5, 5.41) is 9.35. The normalized spacial score (nSPS) is 38.5. The van der Waals surface area contributed by atoms with Crippen LogP contribution in [0.1, 0.15) is 32.6 Å². The quantitative estimate of drug-likeness (QED) is 0.613. The van der Waals surface area contributed by atoms with E-state index in [4.69, 9.17) is 0 Å². The van der Waals surface area contributed by atoms with Crippen molar-refractivity contribution in [3.05, 3.63) is 0 Å². The number of rotatable bonds is 2. The van der Waals surface area contributed by atoms with Crippen LogP contribution in [0.2, 0.25) is 0 Å². The minimum Gasteiger partial charge on any atom is -0.393 e. The van der Waals surface area contributed by atoms with Gasteiger partial charge in [-0.1, -0.05) is 13.3 Å². The number of aliphatic hydroxyl groups is 1. The van der Waals surface area contributed by atoms with Gasteiger partial charge in [-0.05, 0) is 25.2 Å². The second kappa shape index (κ2) is 3.86. The van der Waals surface area contributed by atoms with Crippen molar-refractivity contribution in [2.45, 2.75) is 38.7 Å². The molecule has 0 aromatic rings. The molecule has 0 amide bonds. The van der Waals surface area contributed by atoms with Crippen LogP contribution < -0.4 is 0 Å². The Hall–Kier alpha value is -0.370. The average Bonchev–Trinajstić information content (AvgIpc) is 2.03. The molecule has 64 valence electrons. The fraction of sp³-hybridized carbons (Fsp3) is 0.889. The summed E-state index contributed by atoms with van der Waals surface area (Å²) in [5.74, 6) is 0.678. The molecule has 1 aliphatic rings. The summed E-state index contributed by atoms with van der Waals surface area (Å²) in [4.78, 5) is 10.5. The summed E-state index contributed by atoms with van der Waals surface area (Å²) < 4.78 is 0. The number of carbonyl (C=O) groups excluding carboxylic acids is 1. The molecule has 0 radical (unpaired) electrons. The molecule has 1 fully saturated rings. The van der Waals surface area contributed by atoms with Crippen molar-refractivity contribution in [2.24, 2.45) is 11.8 Å². The Morgan fingerprint density at radius 2 is 2.18 bits per heavy atom. The van der Waals surface area contributed by atoms with Crippen molar-refractivity contribution in [1.29, 1.82) is 0 Å². The molecular formula is C9H16O2. The van der Waals surface area contributed by atoms with E-state index in [1.807, 2.05) is 0 Å². The third-order valence-electron chi connectivity index (χ3n) is 2.59. The van der Waals surface area contributed by atoms with Gasteiger partial charge in [-0.3, -0.25) is 0 Å². The van der Waals surface area contributed by atoms with Crippen LogP contribution >= 0.6 is 0 Å². The van der Waals surface area contributed by atoms with Gasteiger partial charge >= 0.3 is 0 Å². The third kappa shape index (κ3) is 2.29. The van der Waals surface area contributed by atoms with Gasteiger partial charge in [-0.2, -0.15) is 0 Å². The molecule has 0 saturated heterocycles. The zero-order chi connectivity index (χ0) is 8.27. The molecule has 1 saturated carbocycles. The number of aliphatic hydroxyl groups excluding tert-OH is 1. The van der Waals surface area contributed by atoms with Gasteiger partial charge in [-0.25, -0.2) is 0 Å². The van der Waals surface area contributed by atoms with E-state index in [0.717, 1.165) is 25.5 Å². The molecular weight excluding hydrogens is 140 g/mol. The average molecular weight is 156 g/mol. The van der Waals surface area contributed by atoms with E-state index in [9.17, 15) is 9.90 Å². The van der Waals surface area contributed by atoms with Crippen LogP contribution in [-0.2, 0) is 4.79 Å². The fourth-order valence-corrected chi connectivity index (χ4v) is 1.90. The Morgan fingerprint density at radius 1 is 1.45 bits per heavy atom. The van der Waals surface area contributed by atoms with Crippen molar-refractivity contribution >= 4 is 6.29 Å². The molecule has 3 atom stereocenters. The molecule has 0 spiro atoms. The topological polar surface area (TPSA) is 37.3 Å². The van der Waals surface area contributed by atoms with Gasteiger partial charge in [0, 0.05) is 5.92 Å². The molecule has 0 aliphatic heterocycles. The number of aldehydes is 1.